The molecule has 1 amide bonds. The number of carbonyl (C=O) groups excluding carboxylic acids is 1. The van der Waals surface area contributed by atoms with Gasteiger partial charge in [0, 0.05) is 37.5 Å². The summed E-state index contributed by atoms with van der Waals surface area (Å²) in [6.07, 6.45) is 6.38. The van der Waals surface area contributed by atoms with Crippen molar-refractivity contribution in [3.05, 3.63) is 29.8 Å². The minimum atomic E-state index is -0.0807. The second kappa shape index (κ2) is 8.01. The van der Waals surface area contributed by atoms with E-state index < -0.39 is 0 Å². The minimum Gasteiger partial charge on any atom is -0.360 e. The van der Waals surface area contributed by atoms with Gasteiger partial charge in [0.25, 0.3) is 0 Å². The maximum absolute atomic E-state index is 12.2. The van der Waals surface area contributed by atoms with E-state index in [0.717, 1.165) is 19.5 Å². The van der Waals surface area contributed by atoms with Gasteiger partial charge in [-0.3, -0.25) is 19.3 Å². The molecule has 0 aliphatic carbocycles. The Bertz CT molecular complexity index is 740. The van der Waals surface area contributed by atoms with Crippen molar-refractivity contribution in [3.8, 4) is 0 Å². The van der Waals surface area contributed by atoms with Gasteiger partial charge in [-0.2, -0.15) is 5.10 Å². The molecular formula is C18H28N6O2. The van der Waals surface area contributed by atoms with E-state index >= 15 is 0 Å². The van der Waals surface area contributed by atoms with Gasteiger partial charge in [0.15, 0.2) is 5.82 Å². The third-order valence-corrected chi connectivity index (χ3v) is 4.93. The molecule has 1 fully saturated rings. The van der Waals surface area contributed by atoms with Crippen molar-refractivity contribution in [2.45, 2.75) is 25.8 Å². The first-order chi connectivity index (χ1) is 12.4. The average Bonchev–Trinajstić information content (AvgIpc) is 3.15. The zero-order valence-corrected chi connectivity index (χ0v) is 16.0. The molecule has 0 unspecified atom stereocenters. The SMILES string of the molecule is Cc1cc(NC(=O)CN(C)C[C@@H]2CCCN(C)[C@H]2c2cnn(C)c2)no1. The zero-order valence-electron chi connectivity index (χ0n) is 16.0. The largest absolute Gasteiger partial charge is 0.360 e. The third kappa shape index (κ3) is 4.50. The number of aromatic nitrogens is 3. The van der Waals surface area contributed by atoms with E-state index in [-0.39, 0.29) is 5.91 Å². The monoisotopic (exact) mass is 360 g/mol. The molecule has 1 aliphatic rings. The molecule has 8 heteroatoms. The molecule has 0 bridgehead atoms. The van der Waals surface area contributed by atoms with Gasteiger partial charge in [-0.05, 0) is 46.3 Å². The van der Waals surface area contributed by atoms with Crippen LogP contribution in [0.5, 0.6) is 0 Å². The molecule has 0 radical (unpaired) electrons. The number of hydrogen-bond acceptors (Lipinski definition) is 6. The minimum absolute atomic E-state index is 0.0807. The van der Waals surface area contributed by atoms with Crippen molar-refractivity contribution in [2.75, 3.05) is 39.0 Å². The van der Waals surface area contributed by atoms with Crippen LogP contribution < -0.4 is 5.32 Å². The molecule has 1 N–H and O–H groups in total. The molecule has 3 rings (SSSR count). The zero-order chi connectivity index (χ0) is 18.7. The summed E-state index contributed by atoms with van der Waals surface area (Å²) >= 11 is 0. The molecule has 0 spiro atoms. The molecule has 1 aliphatic heterocycles. The van der Waals surface area contributed by atoms with Crippen molar-refractivity contribution in [2.24, 2.45) is 13.0 Å². The summed E-state index contributed by atoms with van der Waals surface area (Å²) in [5.74, 6) is 1.53. The van der Waals surface area contributed by atoms with E-state index in [0.29, 0.717) is 30.1 Å². The highest BCUT2D eigenvalue weighted by Crippen LogP contribution is 2.35. The van der Waals surface area contributed by atoms with Crippen LogP contribution in [0.1, 0.15) is 30.2 Å². The Hall–Kier alpha value is -2.19. The van der Waals surface area contributed by atoms with Crippen LogP contribution in [-0.2, 0) is 11.8 Å². The summed E-state index contributed by atoms with van der Waals surface area (Å²) in [7, 11) is 6.11. The Morgan fingerprint density at radius 2 is 2.27 bits per heavy atom. The van der Waals surface area contributed by atoms with E-state index in [1.165, 1.54) is 12.0 Å². The average molecular weight is 360 g/mol. The number of nitrogens with zero attached hydrogens (tertiary/aromatic N) is 5. The smallest absolute Gasteiger partial charge is 0.239 e. The summed E-state index contributed by atoms with van der Waals surface area (Å²) in [4.78, 5) is 16.7. The summed E-state index contributed by atoms with van der Waals surface area (Å²) in [6.45, 7) is 4.07. The normalized spacial score (nSPS) is 21.3. The lowest BCUT2D eigenvalue weighted by atomic mass is 9.86. The summed E-state index contributed by atoms with van der Waals surface area (Å²) in [5, 5.41) is 10.9. The molecule has 26 heavy (non-hydrogen) atoms. The molecule has 0 saturated carbocycles. The third-order valence-electron chi connectivity index (χ3n) is 4.93. The topological polar surface area (TPSA) is 79.4 Å². The molecule has 1 saturated heterocycles. The highest BCUT2D eigenvalue weighted by atomic mass is 16.5. The number of amides is 1. The summed E-state index contributed by atoms with van der Waals surface area (Å²) in [5.41, 5.74) is 1.25. The van der Waals surface area contributed by atoms with E-state index in [1.54, 1.807) is 13.0 Å². The lowest BCUT2D eigenvalue weighted by Crippen LogP contribution is -2.42. The van der Waals surface area contributed by atoms with Gasteiger partial charge >= 0.3 is 0 Å². The molecule has 2 aromatic rings. The van der Waals surface area contributed by atoms with Gasteiger partial charge in [-0.25, -0.2) is 0 Å². The fourth-order valence-corrected chi connectivity index (χ4v) is 3.89. The Balaban J connectivity index is 1.59. The van der Waals surface area contributed by atoms with Crippen LogP contribution in [0.3, 0.4) is 0 Å². The number of hydrogen-bond donors (Lipinski definition) is 1. The number of likely N-dealkylation sites (tertiary alicyclic amines) is 1. The van der Waals surface area contributed by atoms with E-state index in [9.17, 15) is 4.79 Å². The highest BCUT2D eigenvalue weighted by molar-refractivity contribution is 5.91. The van der Waals surface area contributed by atoms with Crippen molar-refractivity contribution in [1.82, 2.24) is 24.7 Å². The molecule has 0 aromatic carbocycles. The van der Waals surface area contributed by atoms with Crippen LogP contribution in [-0.4, -0.2) is 64.4 Å². The maximum atomic E-state index is 12.2. The van der Waals surface area contributed by atoms with Crippen LogP contribution >= 0.6 is 0 Å². The van der Waals surface area contributed by atoms with E-state index in [1.807, 2.05) is 25.0 Å². The number of rotatable bonds is 6. The Morgan fingerprint density at radius 1 is 1.46 bits per heavy atom. The standard InChI is InChI=1S/C18H28N6O2/c1-13-8-16(21-26-13)20-17(25)12-22(2)10-14-6-5-7-23(3)18(14)15-9-19-24(4)11-15/h8-9,11,14,18H,5-7,10,12H2,1-4H3,(H,20,21,25)/t14-,18+/m0/s1. The number of anilines is 1. The van der Waals surface area contributed by atoms with Crippen LogP contribution in [0.15, 0.2) is 23.0 Å². The van der Waals surface area contributed by atoms with Crippen molar-refractivity contribution < 1.29 is 9.32 Å². The van der Waals surface area contributed by atoms with E-state index in [4.69, 9.17) is 4.52 Å². The van der Waals surface area contributed by atoms with Crippen LogP contribution in [0, 0.1) is 12.8 Å². The molecule has 2 atom stereocenters. The predicted molar refractivity (Wildman–Crippen MR) is 98.7 cm³/mol. The number of likely N-dealkylation sites (N-methyl/N-ethyl adjacent to an activating group) is 1. The second-order valence-corrected chi connectivity index (χ2v) is 7.34. The Labute approximate surface area is 154 Å². The predicted octanol–water partition coefficient (Wildman–Crippen LogP) is 1.67. The highest BCUT2D eigenvalue weighted by Gasteiger charge is 2.32. The van der Waals surface area contributed by atoms with Gasteiger partial charge in [-0.15, -0.1) is 0 Å². The lowest BCUT2D eigenvalue weighted by molar-refractivity contribution is -0.117. The Morgan fingerprint density at radius 3 is 2.92 bits per heavy atom. The number of nitrogens with one attached hydrogen (secondary N) is 1. The van der Waals surface area contributed by atoms with Gasteiger partial charge in [0.05, 0.1) is 12.7 Å². The molecule has 142 valence electrons. The second-order valence-electron chi connectivity index (χ2n) is 7.34. The first kappa shape index (κ1) is 18.6. The Kier molecular flexibility index (Phi) is 5.73. The van der Waals surface area contributed by atoms with Gasteiger partial charge in [0.2, 0.25) is 5.91 Å². The molecule has 2 aromatic heterocycles. The van der Waals surface area contributed by atoms with Crippen molar-refractivity contribution in [1.29, 1.82) is 0 Å². The van der Waals surface area contributed by atoms with Crippen LogP contribution in [0.2, 0.25) is 0 Å². The number of carbonyl (C=O) groups is 1. The fraction of sp³-hybridized carbons (Fsp3) is 0.611. The molecule has 8 nitrogen and oxygen atoms in total. The lowest BCUT2D eigenvalue weighted by Gasteiger charge is -2.40. The van der Waals surface area contributed by atoms with Gasteiger partial charge in [0.1, 0.15) is 5.76 Å². The van der Waals surface area contributed by atoms with E-state index in [2.05, 4.69) is 38.6 Å². The quantitative estimate of drug-likeness (QED) is 0.844. The number of aryl methyl sites for hydroxylation is 2. The summed E-state index contributed by atoms with van der Waals surface area (Å²) < 4.78 is 6.83. The van der Waals surface area contributed by atoms with Gasteiger partial charge in [-0.1, -0.05) is 5.16 Å². The number of piperidine rings is 1. The van der Waals surface area contributed by atoms with Crippen molar-refractivity contribution in [3.63, 3.8) is 0 Å². The molecule has 3 heterocycles. The fourth-order valence-electron chi connectivity index (χ4n) is 3.89. The maximum Gasteiger partial charge on any atom is 0.239 e. The molecular weight excluding hydrogens is 332 g/mol. The first-order valence-corrected chi connectivity index (χ1v) is 9.03. The van der Waals surface area contributed by atoms with Crippen LogP contribution in [0.25, 0.3) is 0 Å². The van der Waals surface area contributed by atoms with Crippen LogP contribution in [0.4, 0.5) is 5.82 Å². The first-order valence-electron chi connectivity index (χ1n) is 9.03. The van der Waals surface area contributed by atoms with Crippen molar-refractivity contribution >= 4 is 11.7 Å². The summed E-state index contributed by atoms with van der Waals surface area (Å²) in [6, 6.07) is 2.05. The van der Waals surface area contributed by atoms with Gasteiger partial charge < -0.3 is 9.84 Å².